The lowest BCUT2D eigenvalue weighted by Crippen LogP contribution is -2.38. The number of nitrogens with zero attached hydrogens (tertiary/aromatic N) is 3. The smallest absolute Gasteiger partial charge is 0.257 e. The number of halogens is 1. The molecule has 1 aromatic carbocycles. The van der Waals surface area contributed by atoms with Gasteiger partial charge in [0.1, 0.15) is 12.1 Å². The predicted octanol–water partition coefficient (Wildman–Crippen LogP) is 3.47. The standard InChI is InChI=1S/C18H20ClN3O2/c1-12-10-20-11-21-17(12)13-5-7-22(8-6-13)18(23)15-9-14(19)3-4-16(15)24-2/h3-4,9-11,13H,5-8H2,1-2H3. The van der Waals surface area contributed by atoms with Crippen molar-refractivity contribution in [3.05, 3.63) is 52.6 Å². The van der Waals surface area contributed by atoms with E-state index in [4.69, 9.17) is 16.3 Å². The molecule has 1 amide bonds. The van der Waals surface area contributed by atoms with Crippen LogP contribution < -0.4 is 4.74 Å². The Kier molecular flexibility index (Phi) is 5.00. The lowest BCUT2D eigenvalue weighted by atomic mass is 9.91. The molecular weight excluding hydrogens is 326 g/mol. The van der Waals surface area contributed by atoms with Gasteiger partial charge < -0.3 is 9.64 Å². The van der Waals surface area contributed by atoms with Gasteiger partial charge in [0.15, 0.2) is 0 Å². The molecule has 0 saturated carbocycles. The van der Waals surface area contributed by atoms with Crippen molar-refractivity contribution in [2.24, 2.45) is 0 Å². The van der Waals surface area contributed by atoms with E-state index in [-0.39, 0.29) is 5.91 Å². The van der Waals surface area contributed by atoms with Crippen LogP contribution in [0.25, 0.3) is 0 Å². The van der Waals surface area contributed by atoms with Crippen LogP contribution in [0.4, 0.5) is 0 Å². The molecule has 0 spiro atoms. The maximum Gasteiger partial charge on any atom is 0.257 e. The first-order chi connectivity index (χ1) is 11.6. The van der Waals surface area contributed by atoms with Gasteiger partial charge in [0.05, 0.1) is 12.7 Å². The Balaban J connectivity index is 1.72. The Morgan fingerprint density at radius 1 is 1.33 bits per heavy atom. The van der Waals surface area contributed by atoms with Gasteiger partial charge in [0, 0.05) is 35.9 Å². The number of ether oxygens (including phenoxy) is 1. The maximum atomic E-state index is 12.8. The Morgan fingerprint density at radius 3 is 2.75 bits per heavy atom. The molecule has 3 rings (SSSR count). The van der Waals surface area contributed by atoms with Gasteiger partial charge in [-0.1, -0.05) is 11.6 Å². The summed E-state index contributed by atoms with van der Waals surface area (Å²) in [5.41, 5.74) is 2.72. The first-order valence-electron chi connectivity index (χ1n) is 7.99. The molecule has 0 aliphatic carbocycles. The van der Waals surface area contributed by atoms with Crippen LogP contribution in [-0.2, 0) is 0 Å². The summed E-state index contributed by atoms with van der Waals surface area (Å²) in [6.07, 6.45) is 5.23. The van der Waals surface area contributed by atoms with Crippen LogP contribution in [0.1, 0.15) is 40.4 Å². The number of methoxy groups -OCH3 is 1. The molecule has 1 saturated heterocycles. The summed E-state index contributed by atoms with van der Waals surface area (Å²) in [5.74, 6) is 0.892. The SMILES string of the molecule is COc1ccc(Cl)cc1C(=O)N1CCC(c2ncncc2C)CC1. The zero-order valence-electron chi connectivity index (χ0n) is 13.8. The number of carbonyl (C=O) groups excluding carboxylic acids is 1. The monoisotopic (exact) mass is 345 g/mol. The molecule has 0 radical (unpaired) electrons. The predicted molar refractivity (Wildman–Crippen MR) is 92.7 cm³/mol. The van der Waals surface area contributed by atoms with E-state index in [1.807, 2.05) is 18.0 Å². The average Bonchev–Trinajstić information content (AvgIpc) is 2.62. The number of carbonyl (C=O) groups is 1. The number of piperidine rings is 1. The number of aryl methyl sites for hydroxylation is 1. The molecule has 6 heteroatoms. The molecule has 5 nitrogen and oxygen atoms in total. The number of hydrogen-bond acceptors (Lipinski definition) is 4. The first-order valence-corrected chi connectivity index (χ1v) is 8.37. The van der Waals surface area contributed by atoms with Crippen molar-refractivity contribution in [2.45, 2.75) is 25.7 Å². The van der Waals surface area contributed by atoms with Crippen molar-refractivity contribution >= 4 is 17.5 Å². The molecule has 1 aliphatic rings. The van der Waals surface area contributed by atoms with E-state index < -0.39 is 0 Å². The van der Waals surface area contributed by atoms with Gasteiger partial charge in [-0.15, -0.1) is 0 Å². The minimum Gasteiger partial charge on any atom is -0.496 e. The molecular formula is C18H20ClN3O2. The third-order valence-electron chi connectivity index (χ3n) is 4.50. The molecule has 126 valence electrons. The maximum absolute atomic E-state index is 12.8. The van der Waals surface area contributed by atoms with E-state index in [0.29, 0.717) is 35.3 Å². The fourth-order valence-corrected chi connectivity index (χ4v) is 3.38. The Bertz CT molecular complexity index is 743. The summed E-state index contributed by atoms with van der Waals surface area (Å²) in [6, 6.07) is 5.12. The topological polar surface area (TPSA) is 55.3 Å². The summed E-state index contributed by atoms with van der Waals surface area (Å²) < 4.78 is 5.30. The quantitative estimate of drug-likeness (QED) is 0.854. The highest BCUT2D eigenvalue weighted by Crippen LogP contribution is 2.30. The van der Waals surface area contributed by atoms with Crippen molar-refractivity contribution in [1.82, 2.24) is 14.9 Å². The van der Waals surface area contributed by atoms with E-state index in [9.17, 15) is 4.79 Å². The number of likely N-dealkylation sites (tertiary alicyclic amines) is 1. The summed E-state index contributed by atoms with van der Waals surface area (Å²) in [5, 5.41) is 0.533. The molecule has 0 unspecified atom stereocenters. The van der Waals surface area contributed by atoms with Crippen LogP contribution in [0.2, 0.25) is 5.02 Å². The highest BCUT2D eigenvalue weighted by molar-refractivity contribution is 6.31. The second kappa shape index (κ2) is 7.18. The number of benzene rings is 1. The molecule has 1 aromatic heterocycles. The summed E-state index contributed by atoms with van der Waals surface area (Å²) in [7, 11) is 1.56. The van der Waals surface area contributed by atoms with Gasteiger partial charge in [0.2, 0.25) is 0 Å². The van der Waals surface area contributed by atoms with Crippen LogP contribution in [-0.4, -0.2) is 41.0 Å². The zero-order chi connectivity index (χ0) is 17.1. The number of hydrogen-bond donors (Lipinski definition) is 0. The van der Waals surface area contributed by atoms with Crippen LogP contribution >= 0.6 is 11.6 Å². The lowest BCUT2D eigenvalue weighted by Gasteiger charge is -2.32. The highest BCUT2D eigenvalue weighted by Gasteiger charge is 2.27. The lowest BCUT2D eigenvalue weighted by molar-refractivity contribution is 0.0708. The van der Waals surface area contributed by atoms with Crippen molar-refractivity contribution in [1.29, 1.82) is 0 Å². The fourth-order valence-electron chi connectivity index (χ4n) is 3.21. The molecule has 1 aliphatic heterocycles. The van der Waals surface area contributed by atoms with Gasteiger partial charge in [-0.3, -0.25) is 4.79 Å². The Morgan fingerprint density at radius 2 is 2.08 bits per heavy atom. The largest absolute Gasteiger partial charge is 0.496 e. The third kappa shape index (κ3) is 3.36. The second-order valence-electron chi connectivity index (χ2n) is 6.00. The number of amides is 1. The highest BCUT2D eigenvalue weighted by atomic mass is 35.5. The minimum absolute atomic E-state index is 0.0350. The second-order valence-corrected chi connectivity index (χ2v) is 6.44. The summed E-state index contributed by atoms with van der Waals surface area (Å²) in [6.45, 7) is 3.43. The van der Waals surface area contributed by atoms with Crippen LogP contribution in [0.5, 0.6) is 5.75 Å². The van der Waals surface area contributed by atoms with Crippen molar-refractivity contribution in [3.63, 3.8) is 0 Å². The first kappa shape index (κ1) is 16.7. The Hall–Kier alpha value is -2.14. The van der Waals surface area contributed by atoms with Gasteiger partial charge in [0.25, 0.3) is 5.91 Å². The third-order valence-corrected chi connectivity index (χ3v) is 4.73. The molecule has 0 N–H and O–H groups in total. The van der Waals surface area contributed by atoms with Gasteiger partial charge >= 0.3 is 0 Å². The average molecular weight is 346 g/mol. The molecule has 2 heterocycles. The summed E-state index contributed by atoms with van der Waals surface area (Å²) in [4.78, 5) is 23.1. The van der Waals surface area contributed by atoms with E-state index in [1.54, 1.807) is 31.6 Å². The van der Waals surface area contributed by atoms with Crippen molar-refractivity contribution in [2.75, 3.05) is 20.2 Å². The number of aromatic nitrogens is 2. The van der Waals surface area contributed by atoms with Gasteiger partial charge in [-0.05, 0) is 43.5 Å². The summed E-state index contributed by atoms with van der Waals surface area (Å²) >= 11 is 6.04. The van der Waals surface area contributed by atoms with Gasteiger partial charge in [-0.2, -0.15) is 0 Å². The molecule has 24 heavy (non-hydrogen) atoms. The molecule has 2 aromatic rings. The number of rotatable bonds is 3. The Labute approximate surface area is 146 Å². The molecule has 0 bridgehead atoms. The van der Waals surface area contributed by atoms with Crippen molar-refractivity contribution < 1.29 is 9.53 Å². The van der Waals surface area contributed by atoms with Crippen LogP contribution in [0.15, 0.2) is 30.7 Å². The van der Waals surface area contributed by atoms with E-state index in [1.165, 1.54) is 0 Å². The van der Waals surface area contributed by atoms with Crippen molar-refractivity contribution in [3.8, 4) is 5.75 Å². The normalized spacial score (nSPS) is 15.4. The molecule has 0 atom stereocenters. The minimum atomic E-state index is -0.0350. The van der Waals surface area contributed by atoms with Crippen LogP contribution in [0, 0.1) is 6.92 Å². The van der Waals surface area contributed by atoms with Gasteiger partial charge in [-0.25, -0.2) is 9.97 Å². The van der Waals surface area contributed by atoms with Crippen LogP contribution in [0.3, 0.4) is 0 Å². The zero-order valence-corrected chi connectivity index (χ0v) is 14.6. The van der Waals surface area contributed by atoms with E-state index >= 15 is 0 Å². The van der Waals surface area contributed by atoms with E-state index in [0.717, 1.165) is 24.1 Å². The molecule has 1 fully saturated rings. The van der Waals surface area contributed by atoms with E-state index in [2.05, 4.69) is 9.97 Å². The fraction of sp³-hybridized carbons (Fsp3) is 0.389.